The van der Waals surface area contributed by atoms with Crippen molar-refractivity contribution in [2.75, 3.05) is 18.7 Å². The lowest BCUT2D eigenvalue weighted by atomic mass is 10.2. The lowest BCUT2D eigenvalue weighted by Gasteiger charge is -2.08. The van der Waals surface area contributed by atoms with Crippen LogP contribution in [0.2, 0.25) is 0 Å². The summed E-state index contributed by atoms with van der Waals surface area (Å²) in [5.74, 6) is 1.55. The molecule has 1 aromatic heterocycles. The number of aryl methyl sites for hydroxylation is 1. The molecule has 0 saturated heterocycles. The van der Waals surface area contributed by atoms with Gasteiger partial charge < -0.3 is 20.1 Å². The quantitative estimate of drug-likeness (QED) is 0.790. The van der Waals surface area contributed by atoms with Gasteiger partial charge >= 0.3 is 0 Å². The molecule has 2 heterocycles. The first-order valence-electron chi connectivity index (χ1n) is 7.53. The molecule has 0 aliphatic carbocycles. The minimum absolute atomic E-state index is 0.228. The van der Waals surface area contributed by atoms with E-state index in [4.69, 9.17) is 9.47 Å². The SMILES string of the molecule is C=CCNc1nc(C)cc(C(=O)NCc2ccc3c(c2)OCO3)n1. The molecular formula is C17H18N4O3. The molecule has 7 heteroatoms. The molecule has 0 unspecified atom stereocenters. The van der Waals surface area contributed by atoms with Crippen LogP contribution in [0.15, 0.2) is 36.9 Å². The number of fused-ring (bicyclic) bond motifs is 1. The van der Waals surface area contributed by atoms with E-state index in [1.54, 1.807) is 12.1 Å². The number of anilines is 1. The van der Waals surface area contributed by atoms with Gasteiger partial charge in [-0.05, 0) is 30.7 Å². The molecule has 0 fully saturated rings. The maximum absolute atomic E-state index is 12.3. The minimum Gasteiger partial charge on any atom is -0.454 e. The van der Waals surface area contributed by atoms with Crippen molar-refractivity contribution >= 4 is 11.9 Å². The van der Waals surface area contributed by atoms with Crippen molar-refractivity contribution in [2.45, 2.75) is 13.5 Å². The highest BCUT2D eigenvalue weighted by Crippen LogP contribution is 2.32. The summed E-state index contributed by atoms with van der Waals surface area (Å²) in [5, 5.41) is 5.83. The van der Waals surface area contributed by atoms with Crippen LogP contribution in [-0.4, -0.2) is 29.2 Å². The fraction of sp³-hybridized carbons (Fsp3) is 0.235. The van der Waals surface area contributed by atoms with Gasteiger partial charge in [0.25, 0.3) is 5.91 Å². The summed E-state index contributed by atoms with van der Waals surface area (Å²) in [4.78, 5) is 20.8. The van der Waals surface area contributed by atoms with Gasteiger partial charge in [-0.15, -0.1) is 6.58 Å². The number of rotatable bonds is 6. The summed E-state index contributed by atoms with van der Waals surface area (Å²) in [6.07, 6.45) is 1.70. The van der Waals surface area contributed by atoms with Crippen LogP contribution >= 0.6 is 0 Å². The Balaban J connectivity index is 1.66. The van der Waals surface area contributed by atoms with Crippen LogP contribution in [0.25, 0.3) is 0 Å². The molecule has 1 aliphatic heterocycles. The van der Waals surface area contributed by atoms with Crippen molar-refractivity contribution in [2.24, 2.45) is 0 Å². The Hall–Kier alpha value is -3.09. The molecule has 24 heavy (non-hydrogen) atoms. The number of ether oxygens (including phenoxy) is 2. The van der Waals surface area contributed by atoms with Crippen LogP contribution in [0.3, 0.4) is 0 Å². The highest BCUT2D eigenvalue weighted by Gasteiger charge is 2.14. The number of benzene rings is 1. The second kappa shape index (κ2) is 6.99. The van der Waals surface area contributed by atoms with Gasteiger partial charge in [0.05, 0.1) is 0 Å². The van der Waals surface area contributed by atoms with Gasteiger partial charge in [-0.2, -0.15) is 0 Å². The average Bonchev–Trinajstić information content (AvgIpc) is 3.05. The summed E-state index contributed by atoms with van der Waals surface area (Å²) in [7, 11) is 0. The Morgan fingerprint density at radius 2 is 2.12 bits per heavy atom. The van der Waals surface area contributed by atoms with Crippen LogP contribution < -0.4 is 20.1 Å². The Morgan fingerprint density at radius 3 is 2.96 bits per heavy atom. The summed E-state index contributed by atoms with van der Waals surface area (Å²) in [6.45, 7) is 6.57. The third-order valence-corrected chi connectivity index (χ3v) is 3.38. The predicted octanol–water partition coefficient (Wildman–Crippen LogP) is 2.04. The molecule has 124 valence electrons. The maximum Gasteiger partial charge on any atom is 0.270 e. The molecule has 1 aliphatic rings. The molecule has 7 nitrogen and oxygen atoms in total. The van der Waals surface area contributed by atoms with E-state index in [1.807, 2.05) is 25.1 Å². The molecule has 2 aromatic rings. The zero-order chi connectivity index (χ0) is 16.9. The monoisotopic (exact) mass is 326 g/mol. The van der Waals surface area contributed by atoms with Crippen LogP contribution in [0.1, 0.15) is 21.7 Å². The first-order valence-corrected chi connectivity index (χ1v) is 7.53. The average molecular weight is 326 g/mol. The van der Waals surface area contributed by atoms with Crippen LogP contribution in [0.4, 0.5) is 5.95 Å². The van der Waals surface area contributed by atoms with Gasteiger partial charge in [0.15, 0.2) is 11.5 Å². The van der Waals surface area contributed by atoms with Crippen LogP contribution in [0, 0.1) is 6.92 Å². The van der Waals surface area contributed by atoms with E-state index in [9.17, 15) is 4.79 Å². The molecule has 0 radical (unpaired) electrons. The van der Waals surface area contributed by atoms with Gasteiger partial charge in [-0.1, -0.05) is 12.1 Å². The number of amides is 1. The van der Waals surface area contributed by atoms with Crippen molar-refractivity contribution in [3.05, 3.63) is 53.9 Å². The molecule has 1 aromatic carbocycles. The number of hydrogen-bond donors (Lipinski definition) is 2. The number of nitrogens with one attached hydrogen (secondary N) is 2. The van der Waals surface area contributed by atoms with Gasteiger partial charge in [0, 0.05) is 18.8 Å². The topological polar surface area (TPSA) is 85.4 Å². The van der Waals surface area contributed by atoms with Crippen LogP contribution in [-0.2, 0) is 6.54 Å². The second-order valence-corrected chi connectivity index (χ2v) is 5.26. The van der Waals surface area contributed by atoms with E-state index in [2.05, 4.69) is 27.2 Å². The predicted molar refractivity (Wildman–Crippen MR) is 89.2 cm³/mol. The number of nitrogens with zero attached hydrogens (tertiary/aromatic N) is 2. The first-order chi connectivity index (χ1) is 11.7. The molecule has 0 atom stereocenters. The Morgan fingerprint density at radius 1 is 1.29 bits per heavy atom. The third kappa shape index (κ3) is 3.62. The van der Waals surface area contributed by atoms with Crippen molar-refractivity contribution in [1.29, 1.82) is 0 Å². The summed E-state index contributed by atoms with van der Waals surface area (Å²) >= 11 is 0. The zero-order valence-corrected chi connectivity index (χ0v) is 13.3. The van der Waals surface area contributed by atoms with Gasteiger partial charge in [-0.25, -0.2) is 9.97 Å². The van der Waals surface area contributed by atoms with Gasteiger partial charge in [0.1, 0.15) is 5.69 Å². The molecule has 2 N–H and O–H groups in total. The van der Waals surface area contributed by atoms with E-state index in [1.165, 1.54) is 0 Å². The highest BCUT2D eigenvalue weighted by molar-refractivity contribution is 5.92. The summed E-state index contributed by atoms with van der Waals surface area (Å²) in [6, 6.07) is 7.21. The summed E-state index contributed by atoms with van der Waals surface area (Å²) in [5.41, 5.74) is 1.95. The van der Waals surface area contributed by atoms with E-state index in [0.717, 1.165) is 11.3 Å². The second-order valence-electron chi connectivity index (χ2n) is 5.26. The molecule has 1 amide bonds. The molecule has 0 spiro atoms. The number of carbonyl (C=O) groups excluding carboxylic acids is 1. The van der Waals surface area contributed by atoms with E-state index >= 15 is 0 Å². The minimum atomic E-state index is -0.264. The Bertz CT molecular complexity index is 776. The molecular weight excluding hydrogens is 308 g/mol. The fourth-order valence-corrected chi connectivity index (χ4v) is 2.25. The number of aromatic nitrogens is 2. The Kier molecular flexibility index (Phi) is 4.60. The molecule has 3 rings (SSSR count). The van der Waals surface area contributed by atoms with E-state index < -0.39 is 0 Å². The maximum atomic E-state index is 12.3. The first kappa shape index (κ1) is 15.8. The van der Waals surface area contributed by atoms with Crippen molar-refractivity contribution in [3.63, 3.8) is 0 Å². The molecule has 0 bridgehead atoms. The van der Waals surface area contributed by atoms with Gasteiger partial charge in [-0.3, -0.25) is 4.79 Å². The van der Waals surface area contributed by atoms with Crippen molar-refractivity contribution in [1.82, 2.24) is 15.3 Å². The fourth-order valence-electron chi connectivity index (χ4n) is 2.25. The normalized spacial score (nSPS) is 11.9. The summed E-state index contributed by atoms with van der Waals surface area (Å²) < 4.78 is 10.6. The van der Waals surface area contributed by atoms with Crippen LogP contribution in [0.5, 0.6) is 11.5 Å². The van der Waals surface area contributed by atoms with Crippen molar-refractivity contribution < 1.29 is 14.3 Å². The highest BCUT2D eigenvalue weighted by atomic mass is 16.7. The largest absolute Gasteiger partial charge is 0.454 e. The smallest absolute Gasteiger partial charge is 0.270 e. The lowest BCUT2D eigenvalue weighted by Crippen LogP contribution is -2.24. The number of carbonyl (C=O) groups is 1. The van der Waals surface area contributed by atoms with E-state index in [-0.39, 0.29) is 12.7 Å². The number of hydrogen-bond acceptors (Lipinski definition) is 6. The van der Waals surface area contributed by atoms with E-state index in [0.29, 0.717) is 36.2 Å². The Labute approximate surface area is 139 Å². The van der Waals surface area contributed by atoms with Crippen molar-refractivity contribution in [3.8, 4) is 11.5 Å². The lowest BCUT2D eigenvalue weighted by molar-refractivity contribution is 0.0945. The standard InChI is InChI=1S/C17H18N4O3/c1-3-6-18-17-20-11(2)7-13(21-17)16(22)19-9-12-4-5-14-15(8-12)24-10-23-14/h3-5,7-8H,1,6,9-10H2,2H3,(H,19,22)(H,18,20,21). The zero-order valence-electron chi connectivity index (χ0n) is 13.3. The van der Waals surface area contributed by atoms with Gasteiger partial charge in [0.2, 0.25) is 12.7 Å². The molecule has 0 saturated carbocycles. The third-order valence-electron chi connectivity index (χ3n) is 3.38.